The molecule has 0 spiro atoms. The topological polar surface area (TPSA) is 111 Å². The number of carbonyl (C=O) groups is 1. The van der Waals surface area contributed by atoms with E-state index in [2.05, 4.69) is 12.2 Å². The molecule has 196 valence electrons. The lowest BCUT2D eigenvalue weighted by atomic mass is 10.0. The van der Waals surface area contributed by atoms with Crippen molar-refractivity contribution in [3.63, 3.8) is 0 Å². The van der Waals surface area contributed by atoms with Crippen LogP contribution in [0.25, 0.3) is 0 Å². The highest BCUT2D eigenvalue weighted by Crippen LogP contribution is 2.33. The van der Waals surface area contributed by atoms with Crippen molar-refractivity contribution in [1.29, 1.82) is 0 Å². The van der Waals surface area contributed by atoms with Crippen LogP contribution in [0.4, 0.5) is 0 Å². The number of nitrogens with zero attached hydrogens (tertiary/aromatic N) is 1. The van der Waals surface area contributed by atoms with Gasteiger partial charge in [0.25, 0.3) is 10.1 Å². The van der Waals surface area contributed by atoms with Gasteiger partial charge in [0.15, 0.2) is 0 Å². The highest BCUT2D eigenvalue weighted by atomic mass is 32.2. The maximum Gasteiger partial charge on any atom is 0.348 e. The smallest absolute Gasteiger partial charge is 0.348 e. The number of fused-ring (bicyclic) bond motifs is 1. The number of guanidine groups is 1. The summed E-state index contributed by atoms with van der Waals surface area (Å²) in [4.78, 5) is 13.0. The van der Waals surface area contributed by atoms with Crippen LogP contribution in [0.15, 0.2) is 11.3 Å². The molecule has 2 heterocycles. The summed E-state index contributed by atoms with van der Waals surface area (Å²) in [5, 5.41) is 3.14. The quantitative estimate of drug-likeness (QED) is 0.171. The second-order valence-electron chi connectivity index (χ2n) is 10.8. The Morgan fingerprint density at radius 3 is 2.35 bits per heavy atom. The highest BCUT2D eigenvalue weighted by Gasteiger charge is 2.45. The van der Waals surface area contributed by atoms with Crippen molar-refractivity contribution < 1.29 is 26.7 Å². The average Bonchev–Trinajstić information content (AvgIpc) is 3.08. The maximum absolute atomic E-state index is 13.0. The zero-order valence-corrected chi connectivity index (χ0v) is 22.8. The summed E-state index contributed by atoms with van der Waals surface area (Å²) in [5.74, 6) is 0.152. The number of ether oxygens (including phenoxy) is 1. The van der Waals surface area contributed by atoms with Crippen LogP contribution >= 0.6 is 0 Å². The van der Waals surface area contributed by atoms with Gasteiger partial charge in [0, 0.05) is 6.42 Å². The van der Waals surface area contributed by atoms with Crippen molar-refractivity contribution in [2.24, 2.45) is 5.73 Å². The molecule has 3 atom stereocenters. The summed E-state index contributed by atoms with van der Waals surface area (Å²) < 4.78 is 37.1. The van der Waals surface area contributed by atoms with Gasteiger partial charge in [-0.05, 0) is 47.0 Å². The zero-order chi connectivity index (χ0) is 25.5. The molecule has 0 amide bonds. The minimum absolute atomic E-state index is 0.0145. The fourth-order valence-electron chi connectivity index (χ4n) is 5.04. The molecule has 0 radical (unpaired) electrons. The summed E-state index contributed by atoms with van der Waals surface area (Å²) in [6.45, 7) is 9.60. The molecule has 2 aliphatic heterocycles. The van der Waals surface area contributed by atoms with Crippen molar-refractivity contribution in [2.75, 3.05) is 6.26 Å². The molecule has 0 aromatic heterocycles. The lowest BCUT2D eigenvalue weighted by molar-refractivity contribution is -0.575. The van der Waals surface area contributed by atoms with Gasteiger partial charge in [0.05, 0.1) is 24.1 Å². The summed E-state index contributed by atoms with van der Waals surface area (Å²) in [6, 6.07) is -0.196. The monoisotopic (exact) mass is 500 g/mol. The van der Waals surface area contributed by atoms with Crippen molar-refractivity contribution >= 4 is 22.0 Å². The Kier molecular flexibility index (Phi) is 10.4. The van der Waals surface area contributed by atoms with E-state index in [1.54, 1.807) is 0 Å². The van der Waals surface area contributed by atoms with E-state index >= 15 is 0 Å². The third-order valence-corrected chi connectivity index (χ3v) is 7.05. The van der Waals surface area contributed by atoms with E-state index in [1.165, 1.54) is 25.7 Å². The van der Waals surface area contributed by atoms with Gasteiger partial charge in [-0.15, -0.1) is 0 Å². The van der Waals surface area contributed by atoms with E-state index in [1.807, 2.05) is 32.3 Å². The molecule has 0 aliphatic carbocycles. The molecule has 3 N–H and O–H groups in total. The first-order valence-electron chi connectivity index (χ1n) is 12.8. The van der Waals surface area contributed by atoms with Gasteiger partial charge in [-0.25, -0.2) is 10.1 Å². The minimum atomic E-state index is -3.57. The van der Waals surface area contributed by atoms with E-state index in [0.29, 0.717) is 30.1 Å². The number of allylic oxidation sites excluding steroid dienone is 1. The Bertz CT molecular complexity index is 873. The lowest BCUT2D eigenvalue weighted by Crippen LogP contribution is -2.51. The molecule has 1 fully saturated rings. The van der Waals surface area contributed by atoms with Crippen LogP contribution in [-0.2, 0) is 23.8 Å². The first-order valence-corrected chi connectivity index (χ1v) is 14.6. The van der Waals surface area contributed by atoms with Gasteiger partial charge >= 0.3 is 11.9 Å². The number of nitrogens with two attached hydrogens (primary N) is 1. The third kappa shape index (κ3) is 8.87. The summed E-state index contributed by atoms with van der Waals surface area (Å²) >= 11 is 0. The van der Waals surface area contributed by atoms with Crippen molar-refractivity contribution in [2.45, 2.75) is 129 Å². The van der Waals surface area contributed by atoms with Crippen LogP contribution in [0.5, 0.6) is 0 Å². The van der Waals surface area contributed by atoms with Gasteiger partial charge < -0.3 is 4.74 Å². The first-order chi connectivity index (χ1) is 15.8. The summed E-state index contributed by atoms with van der Waals surface area (Å²) in [5.41, 5.74) is 7.07. The molecule has 34 heavy (non-hydrogen) atoms. The Morgan fingerprint density at radius 2 is 1.76 bits per heavy atom. The van der Waals surface area contributed by atoms with Gasteiger partial charge in [-0.1, -0.05) is 51.9 Å². The molecule has 0 unspecified atom stereocenters. The summed E-state index contributed by atoms with van der Waals surface area (Å²) in [7, 11) is -3.57. The van der Waals surface area contributed by atoms with E-state index in [0.717, 1.165) is 38.4 Å². The Labute approximate surface area is 206 Å². The number of carbonyl (C=O) groups excluding carboxylic acids is 1. The van der Waals surface area contributed by atoms with Crippen molar-refractivity contribution in [3.8, 4) is 0 Å². The molecule has 0 aromatic carbocycles. The molecular formula is C25H46N3O5S+. The first kappa shape index (κ1) is 28.6. The number of nitrogens with one attached hydrogen (secondary N) is 1. The predicted molar refractivity (Wildman–Crippen MR) is 135 cm³/mol. The zero-order valence-electron chi connectivity index (χ0n) is 22.0. The van der Waals surface area contributed by atoms with E-state index in [-0.39, 0.29) is 18.1 Å². The SMILES string of the molecule is CCCCCCCCC[C@@H](C[C@@H]1CC[C@H]2C(C(=O)OC(C)(C)C)=C(C)NC(N)=[N+]12)OS(C)(=O)=O. The Balaban J connectivity index is 2.07. The fraction of sp³-hybridized carbons (Fsp3) is 0.840. The van der Waals surface area contributed by atoms with Crippen LogP contribution in [0.3, 0.4) is 0 Å². The van der Waals surface area contributed by atoms with Crippen molar-refractivity contribution in [3.05, 3.63) is 11.3 Å². The fourth-order valence-corrected chi connectivity index (χ4v) is 5.71. The van der Waals surface area contributed by atoms with Crippen molar-refractivity contribution in [1.82, 2.24) is 5.32 Å². The van der Waals surface area contributed by atoms with Crippen LogP contribution in [-0.4, -0.2) is 55.0 Å². The van der Waals surface area contributed by atoms with Gasteiger partial charge in [-0.2, -0.15) is 8.42 Å². The van der Waals surface area contributed by atoms with Gasteiger partial charge in [0.1, 0.15) is 17.2 Å². The van der Waals surface area contributed by atoms with Crippen LogP contribution in [0.1, 0.15) is 105 Å². The van der Waals surface area contributed by atoms with E-state index in [4.69, 9.17) is 14.7 Å². The number of rotatable bonds is 13. The molecule has 1 saturated heterocycles. The predicted octanol–water partition coefficient (Wildman–Crippen LogP) is 3.94. The van der Waals surface area contributed by atoms with Crippen LogP contribution in [0.2, 0.25) is 0 Å². The molecule has 2 aliphatic rings. The number of unbranched alkanes of at least 4 members (excludes halogenated alkanes) is 6. The molecule has 0 aromatic rings. The molecule has 2 rings (SSSR count). The Morgan fingerprint density at radius 1 is 1.15 bits per heavy atom. The number of hydrogen-bond donors (Lipinski definition) is 2. The molecule has 0 saturated carbocycles. The molecule has 8 nitrogen and oxygen atoms in total. The second kappa shape index (κ2) is 12.4. The largest absolute Gasteiger partial charge is 0.456 e. The van der Waals surface area contributed by atoms with E-state index < -0.39 is 21.8 Å². The van der Waals surface area contributed by atoms with Crippen LogP contribution in [0, 0.1) is 0 Å². The average molecular weight is 501 g/mol. The van der Waals surface area contributed by atoms with Gasteiger partial charge in [0.2, 0.25) is 0 Å². The Hall–Kier alpha value is -1.61. The normalized spacial score (nSPS) is 21.9. The second-order valence-corrected chi connectivity index (χ2v) is 12.4. The maximum atomic E-state index is 13.0. The van der Waals surface area contributed by atoms with E-state index in [9.17, 15) is 13.2 Å². The highest BCUT2D eigenvalue weighted by molar-refractivity contribution is 7.86. The standard InChI is InChI=1S/C25H45N3O5S/c1-7-8-9-10-11-12-13-14-20(33-34(6,30)31)17-19-15-16-21-22(23(29)32-25(3,4)5)18(2)27-24(26)28(19)21/h19-21H,7-17H2,1-6H3,(H2,26,27,29)/p+1/t19-,20-,21-/m0/s1. The molecular weight excluding hydrogens is 454 g/mol. The third-order valence-electron chi connectivity index (χ3n) is 6.43. The lowest BCUT2D eigenvalue weighted by Gasteiger charge is -2.29. The molecule has 9 heteroatoms. The molecule has 0 bridgehead atoms. The van der Waals surface area contributed by atoms with Crippen LogP contribution < -0.4 is 11.1 Å². The summed E-state index contributed by atoms with van der Waals surface area (Å²) in [6.07, 6.45) is 11.6. The number of esters is 1. The minimum Gasteiger partial charge on any atom is -0.456 e. The number of hydrogen-bond acceptors (Lipinski definition) is 7. The van der Waals surface area contributed by atoms with Gasteiger partial charge in [-0.3, -0.25) is 14.5 Å².